The highest BCUT2D eigenvalue weighted by Gasteiger charge is 2.20. The van der Waals surface area contributed by atoms with E-state index >= 15 is 0 Å². The Morgan fingerprint density at radius 2 is 1.53 bits per heavy atom. The van der Waals surface area contributed by atoms with Crippen LogP contribution < -0.4 is 9.47 Å². The summed E-state index contributed by atoms with van der Waals surface area (Å²) in [5.41, 5.74) is 4.40. The van der Waals surface area contributed by atoms with Crippen LogP contribution in [0.4, 0.5) is 0 Å². The van der Waals surface area contributed by atoms with Crippen LogP contribution in [0.3, 0.4) is 0 Å². The molecule has 0 radical (unpaired) electrons. The lowest BCUT2D eigenvalue weighted by Crippen LogP contribution is -2.33. The summed E-state index contributed by atoms with van der Waals surface area (Å²) in [4.78, 5) is 2.53. The number of methoxy groups -OCH3 is 1. The third-order valence-electron chi connectivity index (χ3n) is 7.85. The van der Waals surface area contributed by atoms with E-state index in [9.17, 15) is 0 Å². The molecule has 1 saturated heterocycles. The number of benzene rings is 3. The Balaban J connectivity index is 1.33. The Bertz CT molecular complexity index is 1060. The average Bonchev–Trinajstić information content (AvgIpc) is 2.90. The molecule has 1 heterocycles. The van der Waals surface area contributed by atoms with E-state index in [0.29, 0.717) is 5.92 Å². The zero-order valence-corrected chi connectivity index (χ0v) is 20.7. The summed E-state index contributed by atoms with van der Waals surface area (Å²) in [5, 5.41) is 2.64. The van der Waals surface area contributed by atoms with Gasteiger partial charge in [0.05, 0.1) is 7.11 Å². The second-order valence-electron chi connectivity index (χ2n) is 10.1. The first-order chi connectivity index (χ1) is 16.8. The quantitative estimate of drug-likeness (QED) is 0.353. The van der Waals surface area contributed by atoms with Gasteiger partial charge in [0.2, 0.25) is 0 Å². The Hall–Kier alpha value is -2.52. The SMILES string of the molecule is COc1ccc2c(Cc3ccc(OCCN4CCCCC4)cc3)c(C3CCCCC3)ccc2c1. The lowest BCUT2D eigenvalue weighted by atomic mass is 9.79. The van der Waals surface area contributed by atoms with Gasteiger partial charge in [0.25, 0.3) is 0 Å². The third-order valence-corrected chi connectivity index (χ3v) is 7.85. The second kappa shape index (κ2) is 11.3. The topological polar surface area (TPSA) is 21.7 Å². The minimum Gasteiger partial charge on any atom is -0.497 e. The highest BCUT2D eigenvalue weighted by molar-refractivity contribution is 5.88. The fourth-order valence-electron chi connectivity index (χ4n) is 5.89. The van der Waals surface area contributed by atoms with Gasteiger partial charge in [0, 0.05) is 6.54 Å². The number of rotatable bonds is 8. The Kier molecular flexibility index (Phi) is 7.70. The lowest BCUT2D eigenvalue weighted by molar-refractivity contribution is 0.183. The van der Waals surface area contributed by atoms with E-state index in [1.807, 2.05) is 0 Å². The molecule has 0 aromatic heterocycles. The van der Waals surface area contributed by atoms with Gasteiger partial charge in [-0.3, -0.25) is 4.90 Å². The Morgan fingerprint density at radius 1 is 0.794 bits per heavy atom. The second-order valence-corrected chi connectivity index (χ2v) is 10.1. The van der Waals surface area contributed by atoms with Gasteiger partial charge in [-0.2, -0.15) is 0 Å². The van der Waals surface area contributed by atoms with Crippen LogP contribution in [-0.4, -0.2) is 38.3 Å². The van der Waals surface area contributed by atoms with Crippen LogP contribution in [0, 0.1) is 0 Å². The molecule has 3 aromatic carbocycles. The fraction of sp³-hybridized carbons (Fsp3) is 0.484. The van der Waals surface area contributed by atoms with E-state index in [4.69, 9.17) is 9.47 Å². The van der Waals surface area contributed by atoms with Crippen molar-refractivity contribution in [1.29, 1.82) is 0 Å². The van der Waals surface area contributed by atoms with Crippen LogP contribution in [0.25, 0.3) is 10.8 Å². The third kappa shape index (κ3) is 5.58. The monoisotopic (exact) mass is 457 g/mol. The zero-order valence-electron chi connectivity index (χ0n) is 20.7. The summed E-state index contributed by atoms with van der Waals surface area (Å²) in [5.74, 6) is 2.60. The summed E-state index contributed by atoms with van der Waals surface area (Å²) in [6.45, 7) is 4.26. The van der Waals surface area contributed by atoms with Crippen LogP contribution in [0.1, 0.15) is 74.0 Å². The molecular weight excluding hydrogens is 418 g/mol. The predicted molar refractivity (Wildman–Crippen MR) is 141 cm³/mol. The highest BCUT2D eigenvalue weighted by atomic mass is 16.5. The van der Waals surface area contributed by atoms with Gasteiger partial charge in [-0.05, 0) is 103 Å². The Morgan fingerprint density at radius 3 is 2.29 bits per heavy atom. The standard InChI is InChI=1S/C31H39NO2/c1-33-28-15-17-30-26(23-28)12-16-29(25-8-4-2-5-9-25)31(30)22-24-10-13-27(14-11-24)34-21-20-32-18-6-3-7-19-32/h10-17,23,25H,2-9,18-22H2,1H3. The smallest absolute Gasteiger partial charge is 0.119 e. The maximum absolute atomic E-state index is 6.07. The van der Waals surface area contributed by atoms with Gasteiger partial charge in [-0.25, -0.2) is 0 Å². The van der Waals surface area contributed by atoms with Gasteiger partial charge in [-0.15, -0.1) is 0 Å². The molecule has 3 aromatic rings. The van der Waals surface area contributed by atoms with Crippen molar-refractivity contribution < 1.29 is 9.47 Å². The summed E-state index contributed by atoms with van der Waals surface area (Å²) in [6.07, 6.45) is 11.7. The molecule has 0 spiro atoms. The molecular formula is C31H39NO2. The van der Waals surface area contributed by atoms with Crippen molar-refractivity contribution in [2.75, 3.05) is 33.4 Å². The predicted octanol–water partition coefficient (Wildman–Crippen LogP) is 7.35. The fourth-order valence-corrected chi connectivity index (χ4v) is 5.89. The molecule has 2 fully saturated rings. The molecule has 0 unspecified atom stereocenters. The average molecular weight is 458 g/mol. The van der Waals surface area contributed by atoms with Crippen LogP contribution in [0.5, 0.6) is 11.5 Å². The zero-order chi connectivity index (χ0) is 23.2. The number of ether oxygens (including phenoxy) is 2. The van der Waals surface area contributed by atoms with Crippen molar-refractivity contribution >= 4 is 10.8 Å². The maximum atomic E-state index is 6.07. The number of piperidine rings is 1. The van der Waals surface area contributed by atoms with Crippen molar-refractivity contribution in [2.45, 2.75) is 63.7 Å². The van der Waals surface area contributed by atoms with Crippen LogP contribution in [-0.2, 0) is 6.42 Å². The number of likely N-dealkylation sites (tertiary alicyclic amines) is 1. The van der Waals surface area contributed by atoms with Gasteiger partial charge >= 0.3 is 0 Å². The molecule has 1 aliphatic heterocycles. The van der Waals surface area contributed by atoms with Crippen molar-refractivity contribution in [2.24, 2.45) is 0 Å². The van der Waals surface area contributed by atoms with E-state index in [-0.39, 0.29) is 0 Å². The minimum atomic E-state index is 0.688. The molecule has 180 valence electrons. The van der Waals surface area contributed by atoms with Crippen LogP contribution >= 0.6 is 0 Å². The van der Waals surface area contributed by atoms with Gasteiger partial charge < -0.3 is 9.47 Å². The van der Waals surface area contributed by atoms with E-state index < -0.39 is 0 Å². The van der Waals surface area contributed by atoms with Crippen LogP contribution in [0.15, 0.2) is 54.6 Å². The van der Waals surface area contributed by atoms with Crippen LogP contribution in [0.2, 0.25) is 0 Å². The van der Waals surface area contributed by atoms with E-state index in [0.717, 1.165) is 31.1 Å². The van der Waals surface area contributed by atoms with Gasteiger partial charge in [-0.1, -0.05) is 56.0 Å². The van der Waals surface area contributed by atoms with Crippen molar-refractivity contribution in [3.8, 4) is 11.5 Å². The van der Waals surface area contributed by atoms with E-state index in [1.54, 1.807) is 12.7 Å². The highest BCUT2D eigenvalue weighted by Crippen LogP contribution is 2.38. The molecule has 1 saturated carbocycles. The first kappa shape index (κ1) is 23.2. The first-order valence-corrected chi connectivity index (χ1v) is 13.3. The van der Waals surface area contributed by atoms with Crippen molar-refractivity contribution in [1.82, 2.24) is 4.90 Å². The minimum absolute atomic E-state index is 0.688. The first-order valence-electron chi connectivity index (χ1n) is 13.3. The van der Waals surface area contributed by atoms with Crippen molar-refractivity contribution in [3.05, 3.63) is 71.3 Å². The molecule has 34 heavy (non-hydrogen) atoms. The normalized spacial score (nSPS) is 17.7. The molecule has 1 aliphatic carbocycles. The molecule has 2 aliphatic rings. The molecule has 5 rings (SSSR count). The maximum Gasteiger partial charge on any atom is 0.119 e. The summed E-state index contributed by atoms with van der Waals surface area (Å²) in [7, 11) is 1.74. The molecule has 0 amide bonds. The van der Waals surface area contributed by atoms with Crippen molar-refractivity contribution in [3.63, 3.8) is 0 Å². The lowest BCUT2D eigenvalue weighted by Gasteiger charge is -2.26. The number of hydrogen-bond donors (Lipinski definition) is 0. The number of hydrogen-bond acceptors (Lipinski definition) is 3. The summed E-state index contributed by atoms with van der Waals surface area (Å²) < 4.78 is 11.6. The molecule has 3 heteroatoms. The number of fused-ring (bicyclic) bond motifs is 1. The number of nitrogens with zero attached hydrogens (tertiary/aromatic N) is 1. The molecule has 0 bridgehead atoms. The van der Waals surface area contributed by atoms with Gasteiger partial charge in [0.1, 0.15) is 18.1 Å². The Labute approximate surface area is 205 Å². The largest absolute Gasteiger partial charge is 0.497 e. The summed E-state index contributed by atoms with van der Waals surface area (Å²) >= 11 is 0. The molecule has 0 atom stereocenters. The van der Waals surface area contributed by atoms with E-state index in [2.05, 4.69) is 59.5 Å². The van der Waals surface area contributed by atoms with E-state index in [1.165, 1.54) is 86.4 Å². The summed E-state index contributed by atoms with van der Waals surface area (Å²) in [6, 6.07) is 20.0. The molecule has 0 N–H and O–H groups in total. The van der Waals surface area contributed by atoms with Gasteiger partial charge in [0.15, 0.2) is 0 Å². The molecule has 3 nitrogen and oxygen atoms in total.